The molecule has 1 heterocycles. The molecule has 1 amide bonds. The first-order valence-corrected chi connectivity index (χ1v) is 10.4. The highest BCUT2D eigenvalue weighted by molar-refractivity contribution is 7.13. The number of carbonyl (C=O) groups excluding carboxylic acids is 2. The van der Waals surface area contributed by atoms with Crippen LogP contribution in [0.15, 0.2) is 53.9 Å². The summed E-state index contributed by atoms with van der Waals surface area (Å²) in [6, 6.07) is 12.6. The van der Waals surface area contributed by atoms with Crippen LogP contribution in [0.5, 0.6) is 11.5 Å². The largest absolute Gasteiger partial charge is 0.493 e. The number of hydrogen-bond donors (Lipinski definition) is 2. The molecular formula is C23H23N3O4S. The molecule has 7 nitrogen and oxygen atoms in total. The van der Waals surface area contributed by atoms with Gasteiger partial charge in [-0.25, -0.2) is 4.98 Å². The van der Waals surface area contributed by atoms with E-state index in [2.05, 4.69) is 15.6 Å². The summed E-state index contributed by atoms with van der Waals surface area (Å²) in [5.41, 5.74) is 3.08. The topological polar surface area (TPSA) is 89.6 Å². The van der Waals surface area contributed by atoms with Crippen LogP contribution >= 0.6 is 11.3 Å². The Morgan fingerprint density at radius 2 is 1.81 bits per heavy atom. The first kappa shape index (κ1) is 22.0. The molecule has 0 unspecified atom stereocenters. The van der Waals surface area contributed by atoms with E-state index in [9.17, 15) is 9.59 Å². The van der Waals surface area contributed by atoms with E-state index in [4.69, 9.17) is 9.47 Å². The summed E-state index contributed by atoms with van der Waals surface area (Å²) < 4.78 is 10.5. The van der Waals surface area contributed by atoms with E-state index < -0.39 is 0 Å². The van der Waals surface area contributed by atoms with Crippen LogP contribution in [0.25, 0.3) is 6.08 Å². The first-order chi connectivity index (χ1) is 15.0. The van der Waals surface area contributed by atoms with E-state index in [1.165, 1.54) is 24.3 Å². The van der Waals surface area contributed by atoms with Crippen molar-refractivity contribution >= 4 is 39.9 Å². The van der Waals surface area contributed by atoms with Crippen molar-refractivity contribution < 1.29 is 19.1 Å². The second-order valence-electron chi connectivity index (χ2n) is 6.57. The zero-order chi connectivity index (χ0) is 22.2. The molecule has 0 aliphatic carbocycles. The van der Waals surface area contributed by atoms with E-state index in [1.54, 1.807) is 44.6 Å². The molecule has 0 atom stereocenters. The summed E-state index contributed by atoms with van der Waals surface area (Å²) in [5.74, 6) is 1.03. The summed E-state index contributed by atoms with van der Waals surface area (Å²) in [7, 11) is 3.14. The van der Waals surface area contributed by atoms with Gasteiger partial charge in [0.25, 0.3) is 0 Å². The number of aromatic nitrogens is 1. The second-order valence-corrected chi connectivity index (χ2v) is 7.43. The number of benzene rings is 2. The Bertz CT molecular complexity index is 1090. The predicted octanol–water partition coefficient (Wildman–Crippen LogP) is 4.44. The number of nitrogens with zero attached hydrogens (tertiary/aromatic N) is 1. The molecule has 0 spiro atoms. The molecule has 2 aromatic carbocycles. The van der Waals surface area contributed by atoms with Gasteiger partial charge in [-0.3, -0.25) is 9.59 Å². The molecule has 2 N–H and O–H groups in total. The lowest BCUT2D eigenvalue weighted by Gasteiger charge is -2.07. The third-order valence-electron chi connectivity index (χ3n) is 4.37. The van der Waals surface area contributed by atoms with Crippen molar-refractivity contribution in [3.8, 4) is 11.5 Å². The highest BCUT2D eigenvalue weighted by Gasteiger charge is 2.06. The number of ketones is 1. The highest BCUT2D eigenvalue weighted by Crippen LogP contribution is 2.28. The Labute approximate surface area is 184 Å². The average Bonchev–Trinajstić information content (AvgIpc) is 3.23. The molecule has 0 fully saturated rings. The Kier molecular flexibility index (Phi) is 7.40. The van der Waals surface area contributed by atoms with Gasteiger partial charge in [0.15, 0.2) is 22.4 Å². The molecule has 0 aliphatic heterocycles. The lowest BCUT2D eigenvalue weighted by atomic mass is 10.1. The lowest BCUT2D eigenvalue weighted by molar-refractivity contribution is -0.116. The van der Waals surface area contributed by atoms with Crippen molar-refractivity contribution in [2.24, 2.45) is 0 Å². The van der Waals surface area contributed by atoms with Gasteiger partial charge in [0, 0.05) is 22.7 Å². The van der Waals surface area contributed by atoms with E-state index in [1.807, 2.05) is 23.6 Å². The van der Waals surface area contributed by atoms with Crippen LogP contribution in [0.3, 0.4) is 0 Å². The van der Waals surface area contributed by atoms with Crippen molar-refractivity contribution in [1.82, 2.24) is 10.3 Å². The number of anilines is 2. The van der Waals surface area contributed by atoms with Gasteiger partial charge in [-0.15, -0.1) is 11.3 Å². The van der Waals surface area contributed by atoms with Gasteiger partial charge in [-0.05, 0) is 55.0 Å². The monoisotopic (exact) mass is 437 g/mol. The highest BCUT2D eigenvalue weighted by atomic mass is 32.1. The summed E-state index contributed by atoms with van der Waals surface area (Å²) in [4.78, 5) is 27.9. The number of nitrogens with one attached hydrogen (secondary N) is 2. The normalized spacial score (nSPS) is 10.7. The van der Waals surface area contributed by atoms with E-state index in [0.29, 0.717) is 28.7 Å². The minimum absolute atomic E-state index is 0.0269. The smallest absolute Gasteiger partial charge is 0.244 e. The van der Waals surface area contributed by atoms with Crippen molar-refractivity contribution in [3.63, 3.8) is 0 Å². The van der Waals surface area contributed by atoms with Crippen LogP contribution in [-0.2, 0) is 11.3 Å². The van der Waals surface area contributed by atoms with Crippen LogP contribution in [0.1, 0.15) is 28.5 Å². The molecule has 160 valence electrons. The average molecular weight is 438 g/mol. The zero-order valence-corrected chi connectivity index (χ0v) is 18.3. The van der Waals surface area contributed by atoms with E-state index in [-0.39, 0.29) is 11.7 Å². The number of rotatable bonds is 9. The fraction of sp³-hybridized carbons (Fsp3) is 0.174. The predicted molar refractivity (Wildman–Crippen MR) is 122 cm³/mol. The molecule has 31 heavy (non-hydrogen) atoms. The zero-order valence-electron chi connectivity index (χ0n) is 17.5. The van der Waals surface area contributed by atoms with Crippen LogP contribution in [-0.4, -0.2) is 30.9 Å². The fourth-order valence-corrected chi connectivity index (χ4v) is 3.45. The van der Waals surface area contributed by atoms with Crippen molar-refractivity contribution in [2.75, 3.05) is 19.5 Å². The van der Waals surface area contributed by atoms with Crippen molar-refractivity contribution in [2.45, 2.75) is 13.5 Å². The van der Waals surface area contributed by atoms with Crippen LogP contribution in [0.2, 0.25) is 0 Å². The SMILES string of the molecule is COc1ccc(/C=C/C(=O)NCc2csc(Nc3ccc(C(C)=O)cc3)n2)cc1OC. The fourth-order valence-electron chi connectivity index (χ4n) is 2.72. The maximum atomic E-state index is 12.1. The lowest BCUT2D eigenvalue weighted by Crippen LogP contribution is -2.20. The van der Waals surface area contributed by atoms with Gasteiger partial charge in [0.05, 0.1) is 26.5 Å². The van der Waals surface area contributed by atoms with Crippen LogP contribution in [0, 0.1) is 0 Å². The number of methoxy groups -OCH3 is 2. The summed E-state index contributed by atoms with van der Waals surface area (Å²) in [6.45, 7) is 1.85. The third kappa shape index (κ3) is 6.16. The molecule has 0 radical (unpaired) electrons. The second kappa shape index (κ2) is 10.4. The Hall–Kier alpha value is -3.65. The van der Waals surface area contributed by atoms with Gasteiger partial charge >= 0.3 is 0 Å². The molecule has 8 heteroatoms. The maximum Gasteiger partial charge on any atom is 0.244 e. The molecular weight excluding hydrogens is 414 g/mol. The molecule has 3 rings (SSSR count). The van der Waals surface area contributed by atoms with E-state index in [0.717, 1.165) is 16.9 Å². The van der Waals surface area contributed by atoms with Gasteiger partial charge < -0.3 is 20.1 Å². The molecule has 0 saturated carbocycles. The van der Waals surface area contributed by atoms with Crippen molar-refractivity contribution in [3.05, 3.63) is 70.7 Å². The summed E-state index contributed by atoms with van der Waals surface area (Å²) in [5, 5.41) is 8.60. The summed E-state index contributed by atoms with van der Waals surface area (Å²) in [6.07, 6.45) is 3.17. The first-order valence-electron chi connectivity index (χ1n) is 9.49. The molecule has 1 aromatic heterocycles. The van der Waals surface area contributed by atoms with Gasteiger partial charge in [-0.2, -0.15) is 0 Å². The minimum Gasteiger partial charge on any atom is -0.493 e. The van der Waals surface area contributed by atoms with E-state index >= 15 is 0 Å². The van der Waals surface area contributed by atoms with Gasteiger partial charge in [0.1, 0.15) is 0 Å². The van der Waals surface area contributed by atoms with Crippen molar-refractivity contribution in [1.29, 1.82) is 0 Å². The van der Waals surface area contributed by atoms with Gasteiger partial charge in [0.2, 0.25) is 5.91 Å². The van der Waals surface area contributed by atoms with Gasteiger partial charge in [-0.1, -0.05) is 6.07 Å². The number of ether oxygens (including phenoxy) is 2. The Morgan fingerprint density at radius 1 is 1.06 bits per heavy atom. The quantitative estimate of drug-likeness (QED) is 0.380. The Morgan fingerprint density at radius 3 is 2.48 bits per heavy atom. The number of carbonyl (C=O) groups is 2. The van der Waals surface area contributed by atoms with Crippen LogP contribution < -0.4 is 20.1 Å². The number of hydrogen-bond acceptors (Lipinski definition) is 7. The third-order valence-corrected chi connectivity index (χ3v) is 5.18. The number of amides is 1. The molecule has 0 bridgehead atoms. The molecule has 0 saturated heterocycles. The standard InChI is InChI=1S/C23H23N3O4S/c1-15(27)17-6-8-18(9-7-17)25-23-26-19(14-31-23)13-24-22(28)11-5-16-4-10-20(29-2)21(12-16)30-3/h4-12,14H,13H2,1-3H3,(H,24,28)(H,25,26)/b11-5+. The molecule has 0 aliphatic rings. The minimum atomic E-state index is -0.225. The van der Waals surface area contributed by atoms with Crippen LogP contribution in [0.4, 0.5) is 10.8 Å². The number of Topliss-reactive ketones (excluding diaryl/α,β-unsaturated/α-hetero) is 1. The summed E-state index contributed by atoms with van der Waals surface area (Å²) >= 11 is 1.44. The number of thiazole rings is 1. The maximum absolute atomic E-state index is 12.1. The molecule has 3 aromatic rings. The Balaban J connectivity index is 1.52.